The summed E-state index contributed by atoms with van der Waals surface area (Å²) in [5.41, 5.74) is 17.7. The first-order valence-corrected chi connectivity index (χ1v) is 8.02. The van der Waals surface area contributed by atoms with Crippen LogP contribution in [0.25, 0.3) is 5.70 Å². The minimum absolute atomic E-state index is 0.0708. The number of hydrogen-bond acceptors (Lipinski definition) is 5. The minimum atomic E-state index is -0.486. The topological polar surface area (TPSA) is 87.3 Å². The van der Waals surface area contributed by atoms with E-state index in [1.54, 1.807) is 11.8 Å². The van der Waals surface area contributed by atoms with Crippen molar-refractivity contribution in [2.45, 2.75) is 6.42 Å². The fraction of sp³-hybridized carbons (Fsp3) is 0.286. The molecule has 0 aromatic heterocycles. The van der Waals surface area contributed by atoms with E-state index in [1.165, 1.54) is 24.3 Å². The smallest absolute Gasteiger partial charge is 0.207 e. The molecule has 4 nitrogen and oxygen atoms in total. The Morgan fingerprint density at radius 2 is 2.10 bits per heavy atom. The van der Waals surface area contributed by atoms with Gasteiger partial charge in [-0.1, -0.05) is 11.6 Å². The SMILES string of the molecule is CSCCCO/C(N)=C(N)/C=C(\N)c1cc(Cl)ccc1F. The summed E-state index contributed by atoms with van der Waals surface area (Å²) in [7, 11) is 0. The molecule has 0 atom stereocenters. The lowest BCUT2D eigenvalue weighted by molar-refractivity contribution is 0.208. The van der Waals surface area contributed by atoms with Gasteiger partial charge in [0.1, 0.15) is 5.82 Å². The van der Waals surface area contributed by atoms with E-state index in [0.717, 1.165) is 12.2 Å². The van der Waals surface area contributed by atoms with E-state index >= 15 is 0 Å². The van der Waals surface area contributed by atoms with E-state index in [4.69, 9.17) is 33.5 Å². The Bertz CT molecular complexity index is 549. The number of hydrogen-bond donors (Lipinski definition) is 3. The Kier molecular flexibility index (Phi) is 7.25. The van der Waals surface area contributed by atoms with Gasteiger partial charge in [-0.25, -0.2) is 4.39 Å². The second-order valence-corrected chi connectivity index (χ2v) is 5.66. The second-order valence-electron chi connectivity index (χ2n) is 4.24. The Morgan fingerprint density at radius 3 is 2.76 bits per heavy atom. The molecule has 0 saturated carbocycles. The fourth-order valence-corrected chi connectivity index (χ4v) is 2.08. The lowest BCUT2D eigenvalue weighted by Gasteiger charge is -2.09. The van der Waals surface area contributed by atoms with Crippen LogP contribution in [0.4, 0.5) is 4.39 Å². The molecule has 21 heavy (non-hydrogen) atoms. The quantitative estimate of drug-likeness (QED) is 0.406. The average molecular weight is 332 g/mol. The molecule has 0 spiro atoms. The summed E-state index contributed by atoms with van der Waals surface area (Å²) in [6.45, 7) is 0.465. The van der Waals surface area contributed by atoms with E-state index in [9.17, 15) is 4.39 Å². The van der Waals surface area contributed by atoms with Crippen LogP contribution < -0.4 is 17.2 Å². The van der Waals surface area contributed by atoms with Gasteiger partial charge in [-0.15, -0.1) is 0 Å². The predicted octanol–water partition coefficient (Wildman–Crippen LogP) is 2.63. The number of halogens is 2. The molecule has 1 rings (SSSR count). The third-order valence-electron chi connectivity index (χ3n) is 2.59. The number of rotatable bonds is 7. The highest BCUT2D eigenvalue weighted by Crippen LogP contribution is 2.20. The zero-order chi connectivity index (χ0) is 15.8. The first kappa shape index (κ1) is 17.5. The van der Waals surface area contributed by atoms with Gasteiger partial charge in [-0.05, 0) is 42.7 Å². The van der Waals surface area contributed by atoms with Gasteiger partial charge in [0.2, 0.25) is 5.88 Å². The standard InChI is InChI=1S/C14H19ClFN3OS/c1-21-6-2-5-20-14(19)13(18)8-12(17)10-7-9(15)3-4-11(10)16/h3-4,7-8H,2,5-6,17-19H2,1H3/b12-8-,14-13-. The maximum Gasteiger partial charge on any atom is 0.207 e. The maximum absolute atomic E-state index is 13.7. The van der Waals surface area contributed by atoms with Crippen molar-refractivity contribution >= 4 is 29.1 Å². The third kappa shape index (κ3) is 5.77. The Morgan fingerprint density at radius 1 is 1.38 bits per heavy atom. The van der Waals surface area contributed by atoms with Crippen molar-refractivity contribution in [2.75, 3.05) is 18.6 Å². The number of nitrogens with two attached hydrogens (primary N) is 3. The molecule has 0 unspecified atom stereocenters. The highest BCUT2D eigenvalue weighted by Gasteiger charge is 2.07. The van der Waals surface area contributed by atoms with Gasteiger partial charge in [0.05, 0.1) is 12.3 Å². The zero-order valence-corrected chi connectivity index (χ0v) is 13.3. The second kappa shape index (κ2) is 8.69. The molecule has 1 aromatic carbocycles. The lowest BCUT2D eigenvalue weighted by Crippen LogP contribution is -2.13. The Labute approximate surface area is 133 Å². The Balaban J connectivity index is 2.82. The zero-order valence-electron chi connectivity index (χ0n) is 11.7. The largest absolute Gasteiger partial charge is 0.478 e. The molecule has 0 aliphatic heterocycles. The van der Waals surface area contributed by atoms with Gasteiger partial charge in [0.25, 0.3) is 0 Å². The third-order valence-corrected chi connectivity index (χ3v) is 3.52. The van der Waals surface area contributed by atoms with Crippen molar-refractivity contribution in [2.24, 2.45) is 17.2 Å². The normalized spacial score (nSPS) is 13.0. The van der Waals surface area contributed by atoms with E-state index in [-0.39, 0.29) is 22.8 Å². The van der Waals surface area contributed by atoms with Crippen molar-refractivity contribution in [1.29, 1.82) is 0 Å². The molecule has 0 heterocycles. The summed E-state index contributed by atoms with van der Waals surface area (Å²) in [6, 6.07) is 4.10. The number of benzene rings is 1. The van der Waals surface area contributed by atoms with Crippen molar-refractivity contribution < 1.29 is 9.13 Å². The fourth-order valence-electron chi connectivity index (χ4n) is 1.50. The van der Waals surface area contributed by atoms with Crippen LogP contribution in [0.3, 0.4) is 0 Å². The highest BCUT2D eigenvalue weighted by molar-refractivity contribution is 7.98. The molecule has 0 bridgehead atoms. The van der Waals surface area contributed by atoms with E-state index in [1.807, 2.05) is 6.26 Å². The van der Waals surface area contributed by atoms with Crippen LogP contribution in [0.15, 0.2) is 35.9 Å². The molecule has 7 heteroatoms. The van der Waals surface area contributed by atoms with Crippen LogP contribution in [-0.2, 0) is 4.74 Å². The van der Waals surface area contributed by atoms with E-state index < -0.39 is 5.82 Å². The van der Waals surface area contributed by atoms with E-state index in [2.05, 4.69) is 0 Å². The highest BCUT2D eigenvalue weighted by atomic mass is 35.5. The molecule has 0 fully saturated rings. The lowest BCUT2D eigenvalue weighted by atomic mass is 10.1. The summed E-state index contributed by atoms with van der Waals surface area (Å²) in [5, 5.41) is 0.381. The van der Waals surface area contributed by atoms with Crippen LogP contribution in [0.2, 0.25) is 5.02 Å². The average Bonchev–Trinajstić information content (AvgIpc) is 2.45. The molecular formula is C14H19ClFN3OS. The monoisotopic (exact) mass is 331 g/mol. The molecule has 116 valence electrons. The van der Waals surface area contributed by atoms with Crippen molar-refractivity contribution in [3.63, 3.8) is 0 Å². The predicted molar refractivity (Wildman–Crippen MR) is 87.9 cm³/mol. The van der Waals surface area contributed by atoms with Crippen molar-refractivity contribution in [3.05, 3.63) is 52.3 Å². The number of allylic oxidation sites excluding steroid dienone is 1. The summed E-state index contributed by atoms with van der Waals surface area (Å²) < 4.78 is 19.0. The van der Waals surface area contributed by atoms with E-state index in [0.29, 0.717) is 11.6 Å². The summed E-state index contributed by atoms with van der Waals surface area (Å²) in [5.74, 6) is 0.556. The summed E-state index contributed by atoms with van der Waals surface area (Å²) in [6.07, 6.45) is 4.23. The van der Waals surface area contributed by atoms with Gasteiger partial charge in [-0.3, -0.25) is 0 Å². The molecule has 6 N–H and O–H groups in total. The van der Waals surface area contributed by atoms with Crippen LogP contribution in [-0.4, -0.2) is 18.6 Å². The van der Waals surface area contributed by atoms with Gasteiger partial charge in [0, 0.05) is 16.3 Å². The van der Waals surface area contributed by atoms with Crippen molar-refractivity contribution in [3.8, 4) is 0 Å². The molecule has 0 aliphatic rings. The minimum Gasteiger partial charge on any atom is -0.478 e. The van der Waals surface area contributed by atoms with Crippen molar-refractivity contribution in [1.82, 2.24) is 0 Å². The van der Waals surface area contributed by atoms with Crippen LogP contribution in [0.1, 0.15) is 12.0 Å². The molecule has 0 aliphatic carbocycles. The first-order valence-electron chi connectivity index (χ1n) is 6.25. The number of ether oxygens (including phenoxy) is 1. The summed E-state index contributed by atoms with van der Waals surface area (Å²) in [4.78, 5) is 0. The van der Waals surface area contributed by atoms with Crippen LogP contribution in [0.5, 0.6) is 0 Å². The van der Waals surface area contributed by atoms with Gasteiger partial charge in [-0.2, -0.15) is 11.8 Å². The molecular weight excluding hydrogens is 313 g/mol. The van der Waals surface area contributed by atoms with Gasteiger partial charge in [0.15, 0.2) is 0 Å². The first-order chi connectivity index (χ1) is 9.95. The maximum atomic E-state index is 13.7. The molecule has 0 saturated heterocycles. The van der Waals surface area contributed by atoms with Gasteiger partial charge >= 0.3 is 0 Å². The molecule has 1 aromatic rings. The number of thioether (sulfide) groups is 1. The molecule has 0 amide bonds. The Hall–Kier alpha value is -1.53. The van der Waals surface area contributed by atoms with Crippen LogP contribution >= 0.6 is 23.4 Å². The molecule has 0 radical (unpaired) electrons. The summed E-state index contributed by atoms with van der Waals surface area (Å²) >= 11 is 7.53. The van der Waals surface area contributed by atoms with Gasteiger partial charge < -0.3 is 21.9 Å². The van der Waals surface area contributed by atoms with Crippen LogP contribution in [0, 0.1) is 5.82 Å².